The van der Waals surface area contributed by atoms with Gasteiger partial charge in [-0.3, -0.25) is 0 Å². The van der Waals surface area contributed by atoms with Gasteiger partial charge in [0.05, 0.1) is 11.7 Å². The van der Waals surface area contributed by atoms with Crippen LogP contribution in [0.2, 0.25) is 0 Å². The van der Waals surface area contributed by atoms with Crippen molar-refractivity contribution >= 4 is 63.1 Å². The Labute approximate surface area is 512 Å². The Bertz CT molecular complexity index is 3920. The molecule has 3 aliphatic heterocycles. The normalized spacial score (nSPS) is 23.2. The third kappa shape index (κ3) is 8.62. The van der Waals surface area contributed by atoms with Crippen LogP contribution in [0.15, 0.2) is 127 Å². The average molecular weight is 1130 g/mol. The van der Waals surface area contributed by atoms with Crippen molar-refractivity contribution < 1.29 is 4.74 Å². The van der Waals surface area contributed by atoms with Crippen LogP contribution < -0.4 is 30.4 Å². The average Bonchev–Trinajstić information content (AvgIpc) is 1.68. The van der Waals surface area contributed by atoms with E-state index in [0.29, 0.717) is 0 Å². The molecule has 0 N–H and O–H groups in total. The molecule has 0 amide bonds. The number of nitrogens with zero attached hydrogens (tertiary/aromatic N) is 3. The number of hydrogen-bond acceptors (Lipinski definition) is 4. The molecule has 7 aromatic rings. The molecule has 2 unspecified atom stereocenters. The Kier molecular flexibility index (Phi) is 12.1. The van der Waals surface area contributed by atoms with E-state index < -0.39 is 0 Å². The summed E-state index contributed by atoms with van der Waals surface area (Å²) >= 11 is 0. The van der Waals surface area contributed by atoms with Crippen molar-refractivity contribution in [2.24, 2.45) is 0 Å². The van der Waals surface area contributed by atoms with Crippen LogP contribution in [0.5, 0.6) is 5.75 Å². The molecule has 2 atom stereocenters. The van der Waals surface area contributed by atoms with Crippen molar-refractivity contribution in [1.82, 2.24) is 0 Å². The van der Waals surface area contributed by atoms with Crippen LogP contribution >= 0.6 is 0 Å². The number of rotatable bonds is 5. The fourth-order valence-electron chi connectivity index (χ4n) is 17.3. The molecule has 85 heavy (non-hydrogen) atoms. The Morgan fingerprint density at radius 1 is 0.412 bits per heavy atom. The van der Waals surface area contributed by atoms with Crippen LogP contribution in [-0.4, -0.2) is 12.7 Å². The van der Waals surface area contributed by atoms with Gasteiger partial charge in [-0.25, -0.2) is 0 Å². The first-order valence-electron chi connectivity index (χ1n) is 32.8. The summed E-state index contributed by atoms with van der Waals surface area (Å²) in [7, 11) is 0. The molecular formula is C80H96BN3O. The molecule has 0 spiro atoms. The molecule has 0 bridgehead atoms. The van der Waals surface area contributed by atoms with Crippen molar-refractivity contribution in [3.05, 3.63) is 183 Å². The first kappa shape index (κ1) is 56.6. The molecule has 3 heterocycles. The maximum absolute atomic E-state index is 7.86. The maximum atomic E-state index is 7.86. The van der Waals surface area contributed by atoms with Gasteiger partial charge in [0.15, 0.2) is 0 Å². The Morgan fingerprint density at radius 3 is 1.41 bits per heavy atom. The first-order chi connectivity index (χ1) is 39.7. The second-order valence-corrected chi connectivity index (χ2v) is 34.0. The lowest BCUT2D eigenvalue weighted by Crippen LogP contribution is -2.65. The van der Waals surface area contributed by atoms with E-state index in [-0.39, 0.29) is 67.5 Å². The molecule has 0 fully saturated rings. The van der Waals surface area contributed by atoms with E-state index in [9.17, 15) is 0 Å². The van der Waals surface area contributed by atoms with Gasteiger partial charge in [0.25, 0.3) is 6.71 Å². The Hall–Kier alpha value is -6.20. The zero-order chi connectivity index (χ0) is 60.3. The van der Waals surface area contributed by atoms with E-state index in [4.69, 9.17) is 4.74 Å². The van der Waals surface area contributed by atoms with Gasteiger partial charge in [-0.05, 0) is 240 Å². The highest BCUT2D eigenvalue weighted by atomic mass is 16.5. The zero-order valence-electron chi connectivity index (χ0n) is 55.3. The second-order valence-electron chi connectivity index (χ2n) is 34.0. The lowest BCUT2D eigenvalue weighted by atomic mass is 9.32. The largest absolute Gasteiger partial charge is 0.495 e. The maximum Gasteiger partial charge on any atom is 0.267 e. The van der Waals surface area contributed by atoms with Gasteiger partial charge in [-0.2, -0.15) is 0 Å². The first-order valence-corrected chi connectivity index (χ1v) is 32.8. The van der Waals surface area contributed by atoms with Gasteiger partial charge in [0.1, 0.15) is 11.8 Å². The highest BCUT2D eigenvalue weighted by molar-refractivity contribution is 6.91. The van der Waals surface area contributed by atoms with Crippen molar-refractivity contribution in [3.8, 4) is 5.75 Å². The lowest BCUT2D eigenvalue weighted by Gasteiger charge is -2.50. The minimum atomic E-state index is -0.221. The summed E-state index contributed by atoms with van der Waals surface area (Å²) < 4.78 is 7.86. The summed E-state index contributed by atoms with van der Waals surface area (Å²) in [6.45, 7) is 46.7. The molecule has 0 saturated heterocycles. The Balaban J connectivity index is 1.14. The number of hydrogen-bond donors (Lipinski definition) is 0. The van der Waals surface area contributed by atoms with Gasteiger partial charge in [-0.1, -0.05) is 180 Å². The van der Waals surface area contributed by atoms with Crippen molar-refractivity contribution in [1.29, 1.82) is 0 Å². The van der Waals surface area contributed by atoms with Crippen LogP contribution in [0, 0.1) is 0 Å². The summed E-state index contributed by atoms with van der Waals surface area (Å²) in [6.07, 6.45) is 9.27. The van der Waals surface area contributed by atoms with Gasteiger partial charge < -0.3 is 19.4 Å². The molecule has 4 nitrogen and oxygen atoms in total. The number of anilines is 8. The van der Waals surface area contributed by atoms with Gasteiger partial charge in [0.2, 0.25) is 0 Å². The Morgan fingerprint density at radius 2 is 0.871 bits per heavy atom. The van der Waals surface area contributed by atoms with Gasteiger partial charge in [0, 0.05) is 45.4 Å². The van der Waals surface area contributed by atoms with Crippen LogP contribution in [0.3, 0.4) is 0 Å². The fourth-order valence-corrected chi connectivity index (χ4v) is 17.3. The lowest BCUT2D eigenvalue weighted by molar-refractivity contribution is 0.282. The van der Waals surface area contributed by atoms with Crippen LogP contribution in [0.1, 0.15) is 245 Å². The predicted molar refractivity (Wildman–Crippen MR) is 363 cm³/mol. The monoisotopic (exact) mass is 1130 g/mol. The number of benzene rings is 7. The van der Waals surface area contributed by atoms with Crippen LogP contribution in [-0.2, 0) is 48.7 Å². The van der Waals surface area contributed by atoms with E-state index in [1.165, 1.54) is 120 Å². The molecule has 0 aromatic heterocycles. The van der Waals surface area contributed by atoms with Gasteiger partial charge in [-0.15, -0.1) is 0 Å². The minimum Gasteiger partial charge on any atom is -0.495 e. The van der Waals surface area contributed by atoms with Crippen molar-refractivity contribution in [2.75, 3.05) is 14.7 Å². The standard InChI is InChI=1S/C80H96BN3O/c1-72(2,3)49-25-32-68-55(41-49)70-71(85-68)81-64-47-62-63(80(18,19)40-39-79(62,16)17)48-65(64)83(52-27-30-57-60(43-52)77(12,13)37-34-74(57,6)7)66-45-54(46-67(69(66)81)84(70)53-28-31-58-61(44-53)78(14,15)38-35-75(58,8)9)82(50-23-21-20-22-24-50)51-26-29-56-59(42-51)76(10,11)36-33-73(56,4)5/h20-32,41-48,70-71H,33-40H2,1-19H3. The van der Waals surface area contributed by atoms with E-state index in [0.717, 1.165) is 49.2 Å². The fraction of sp³-hybridized carbons (Fsp3) is 0.475. The second kappa shape index (κ2) is 18.2. The topological polar surface area (TPSA) is 19.0 Å². The van der Waals surface area contributed by atoms with E-state index in [2.05, 4.69) is 274 Å². The molecule has 0 radical (unpaired) electrons. The zero-order valence-corrected chi connectivity index (χ0v) is 55.3. The summed E-state index contributed by atoms with van der Waals surface area (Å²) in [6, 6.07) is 51.5. The van der Waals surface area contributed by atoms with E-state index in [1.54, 1.807) is 0 Å². The molecule has 0 saturated carbocycles. The smallest absolute Gasteiger partial charge is 0.267 e. The van der Waals surface area contributed by atoms with Crippen molar-refractivity contribution in [2.45, 2.75) is 244 Å². The third-order valence-corrected chi connectivity index (χ3v) is 23.5. The van der Waals surface area contributed by atoms with Crippen molar-refractivity contribution in [3.63, 3.8) is 0 Å². The highest BCUT2D eigenvalue weighted by Gasteiger charge is 2.57. The SMILES string of the molecule is CC(C)(C)c1ccc2c(c1)C1C(O2)B2c3cc4c(cc3N(c3ccc5c(c3)C(C)(C)CCC5(C)C)c3cc(N(c5ccccc5)c5ccc6c(c5)C(C)(C)CCC6(C)C)cc(c32)N1c1ccc2c(c1)C(C)(C)CCC2(C)C)C(C)(C)CCC4(C)C. The summed E-state index contributed by atoms with van der Waals surface area (Å²) in [5.41, 5.74) is 27.2. The van der Waals surface area contributed by atoms with E-state index in [1.807, 2.05) is 0 Å². The molecule has 4 aliphatic carbocycles. The summed E-state index contributed by atoms with van der Waals surface area (Å²) in [4.78, 5) is 8.16. The summed E-state index contributed by atoms with van der Waals surface area (Å²) in [5.74, 6) is 1.01. The number of fused-ring (bicyclic) bond motifs is 10. The molecule has 440 valence electrons. The number of para-hydroxylation sites is 1. The minimum absolute atomic E-state index is 0.00113. The highest BCUT2D eigenvalue weighted by Crippen LogP contribution is 2.59. The molecule has 14 rings (SSSR count). The third-order valence-electron chi connectivity index (χ3n) is 23.5. The molecule has 7 aliphatic rings. The van der Waals surface area contributed by atoms with Gasteiger partial charge >= 0.3 is 0 Å². The predicted octanol–water partition coefficient (Wildman–Crippen LogP) is 20.4. The van der Waals surface area contributed by atoms with E-state index >= 15 is 0 Å². The quantitative estimate of drug-likeness (QED) is 0.160. The molecule has 5 heteroatoms. The summed E-state index contributed by atoms with van der Waals surface area (Å²) in [5, 5.41) is 0. The molecular weight excluding hydrogens is 1030 g/mol. The van der Waals surface area contributed by atoms with Crippen LogP contribution in [0.4, 0.5) is 45.5 Å². The van der Waals surface area contributed by atoms with Crippen LogP contribution in [0.25, 0.3) is 0 Å². The molecule has 7 aromatic carbocycles. The number of ether oxygens (including phenoxy) is 1.